The van der Waals surface area contributed by atoms with Gasteiger partial charge in [-0.15, -0.1) is 0 Å². The molecule has 2 aromatic rings. The van der Waals surface area contributed by atoms with Crippen LogP contribution in [-0.4, -0.2) is 101 Å². The van der Waals surface area contributed by atoms with E-state index in [-0.39, 0.29) is 30.0 Å². The third-order valence-electron chi connectivity index (χ3n) is 9.16. The molecule has 5 rings (SSSR count). The van der Waals surface area contributed by atoms with Gasteiger partial charge in [0.2, 0.25) is 5.91 Å². The Bertz CT molecular complexity index is 1370. The summed E-state index contributed by atoms with van der Waals surface area (Å²) in [5.41, 5.74) is 0.958. The third-order valence-corrected chi connectivity index (χ3v) is 9.16. The number of nitrogens with one attached hydrogen (secondary N) is 1. The van der Waals surface area contributed by atoms with Crippen molar-refractivity contribution in [1.29, 1.82) is 0 Å². The highest BCUT2D eigenvalue weighted by molar-refractivity contribution is 5.97. The van der Waals surface area contributed by atoms with E-state index in [4.69, 9.17) is 14.8 Å². The lowest BCUT2D eigenvalue weighted by Gasteiger charge is -2.36. The van der Waals surface area contributed by atoms with Crippen molar-refractivity contribution in [2.75, 3.05) is 50.8 Å². The average molecular weight is 621 g/mol. The maximum Gasteiger partial charge on any atom is 0.409 e. The van der Waals surface area contributed by atoms with Gasteiger partial charge in [0, 0.05) is 57.3 Å². The SMILES string of the molecule is CCCCOC(=O)N1CCN(C(=O)[C@@H](NC(=O)c2cc(N3CC4C(CCC(=O)O)[C@@H]4C3)nc(-c3ccccc3)n2)C(C)C)CC1. The Hall–Kier alpha value is -4.22. The largest absolute Gasteiger partial charge is 0.481 e. The van der Waals surface area contributed by atoms with Crippen LogP contribution >= 0.6 is 0 Å². The third kappa shape index (κ3) is 7.72. The van der Waals surface area contributed by atoms with Gasteiger partial charge in [-0.1, -0.05) is 57.5 Å². The van der Waals surface area contributed by atoms with Crippen molar-refractivity contribution in [3.05, 3.63) is 42.1 Å². The first kappa shape index (κ1) is 32.2. The zero-order valence-electron chi connectivity index (χ0n) is 26.4. The number of unbranched alkanes of at least 4 members (excludes halogenated alkanes) is 1. The molecule has 1 aromatic heterocycles. The lowest BCUT2D eigenvalue weighted by atomic mass is 10.0. The molecule has 0 radical (unpaired) electrons. The number of ether oxygens (including phenoxy) is 1. The minimum absolute atomic E-state index is 0.179. The zero-order valence-corrected chi connectivity index (χ0v) is 26.4. The molecular weight excluding hydrogens is 576 g/mol. The van der Waals surface area contributed by atoms with E-state index in [0.717, 1.165) is 31.5 Å². The number of hydrogen-bond donors (Lipinski definition) is 2. The number of anilines is 1. The summed E-state index contributed by atoms with van der Waals surface area (Å²) in [6.07, 6.45) is 2.27. The van der Waals surface area contributed by atoms with E-state index in [1.165, 1.54) is 0 Å². The summed E-state index contributed by atoms with van der Waals surface area (Å²) in [7, 11) is 0. The van der Waals surface area contributed by atoms with E-state index in [0.29, 0.717) is 68.6 Å². The molecule has 2 N–H and O–H groups in total. The first-order valence-electron chi connectivity index (χ1n) is 16.1. The predicted octanol–water partition coefficient (Wildman–Crippen LogP) is 3.53. The predicted molar refractivity (Wildman–Crippen MR) is 168 cm³/mol. The molecule has 12 heteroatoms. The molecular formula is C33H44N6O6. The first-order valence-corrected chi connectivity index (χ1v) is 16.1. The van der Waals surface area contributed by atoms with Gasteiger partial charge in [-0.05, 0) is 36.5 Å². The molecule has 1 aromatic carbocycles. The summed E-state index contributed by atoms with van der Waals surface area (Å²) in [5.74, 6) is 0.758. The van der Waals surface area contributed by atoms with Crippen molar-refractivity contribution in [3.63, 3.8) is 0 Å². The maximum atomic E-state index is 13.7. The van der Waals surface area contributed by atoms with E-state index < -0.39 is 17.9 Å². The van der Waals surface area contributed by atoms with Crippen LogP contribution in [0.2, 0.25) is 0 Å². The molecule has 45 heavy (non-hydrogen) atoms. The molecule has 12 nitrogen and oxygen atoms in total. The van der Waals surface area contributed by atoms with Crippen molar-refractivity contribution in [2.45, 2.75) is 52.5 Å². The van der Waals surface area contributed by atoms with Crippen LogP contribution in [0.25, 0.3) is 11.4 Å². The van der Waals surface area contributed by atoms with Gasteiger partial charge in [0.15, 0.2) is 5.82 Å². The molecule has 0 bridgehead atoms. The number of fused-ring (bicyclic) bond motifs is 1. The Morgan fingerprint density at radius 3 is 2.29 bits per heavy atom. The van der Waals surface area contributed by atoms with Crippen LogP contribution < -0.4 is 10.2 Å². The summed E-state index contributed by atoms with van der Waals surface area (Å²) >= 11 is 0. The number of nitrogens with zero attached hydrogens (tertiary/aromatic N) is 5. The number of hydrogen-bond acceptors (Lipinski definition) is 8. The van der Waals surface area contributed by atoms with Crippen molar-refractivity contribution in [1.82, 2.24) is 25.1 Å². The highest BCUT2D eigenvalue weighted by atomic mass is 16.6. The molecule has 1 saturated carbocycles. The van der Waals surface area contributed by atoms with Crippen molar-refractivity contribution >= 4 is 29.7 Å². The molecule has 3 heterocycles. The quantitative estimate of drug-likeness (QED) is 0.341. The smallest absolute Gasteiger partial charge is 0.409 e. The van der Waals surface area contributed by atoms with Crippen LogP contribution in [0.1, 0.15) is 56.9 Å². The Morgan fingerprint density at radius 1 is 1.00 bits per heavy atom. The molecule has 4 atom stereocenters. The van der Waals surface area contributed by atoms with Gasteiger partial charge in [0.1, 0.15) is 17.6 Å². The molecule has 2 aliphatic heterocycles. The van der Waals surface area contributed by atoms with Crippen molar-refractivity contribution in [3.8, 4) is 11.4 Å². The van der Waals surface area contributed by atoms with Gasteiger partial charge in [-0.25, -0.2) is 14.8 Å². The van der Waals surface area contributed by atoms with Gasteiger partial charge in [-0.2, -0.15) is 0 Å². The molecule has 2 saturated heterocycles. The van der Waals surface area contributed by atoms with Crippen LogP contribution in [0.5, 0.6) is 0 Å². The minimum atomic E-state index is -0.770. The number of carbonyl (C=O) groups is 4. The van der Waals surface area contributed by atoms with Gasteiger partial charge in [-0.3, -0.25) is 14.4 Å². The fourth-order valence-electron chi connectivity index (χ4n) is 6.41. The first-order chi connectivity index (χ1) is 21.7. The molecule has 242 valence electrons. The number of benzene rings is 1. The second-order valence-corrected chi connectivity index (χ2v) is 12.6. The number of piperidine rings is 1. The van der Waals surface area contributed by atoms with Crippen molar-refractivity contribution < 1.29 is 29.0 Å². The number of carboxylic acids is 1. The zero-order chi connectivity index (χ0) is 32.1. The van der Waals surface area contributed by atoms with Gasteiger partial charge in [0.25, 0.3) is 5.91 Å². The van der Waals surface area contributed by atoms with E-state index in [1.54, 1.807) is 15.9 Å². The lowest BCUT2D eigenvalue weighted by Crippen LogP contribution is -2.57. The highest BCUT2D eigenvalue weighted by Crippen LogP contribution is 2.54. The second-order valence-electron chi connectivity index (χ2n) is 12.6. The summed E-state index contributed by atoms with van der Waals surface area (Å²) in [6.45, 7) is 9.19. The highest BCUT2D eigenvalue weighted by Gasteiger charge is 2.55. The van der Waals surface area contributed by atoms with E-state index in [1.807, 2.05) is 51.1 Å². The van der Waals surface area contributed by atoms with Gasteiger partial charge >= 0.3 is 12.1 Å². The summed E-state index contributed by atoms with van der Waals surface area (Å²) in [4.78, 5) is 65.6. The number of amides is 3. The van der Waals surface area contributed by atoms with E-state index >= 15 is 0 Å². The van der Waals surface area contributed by atoms with Crippen molar-refractivity contribution in [2.24, 2.45) is 23.7 Å². The lowest BCUT2D eigenvalue weighted by molar-refractivity contribution is -0.137. The molecule has 3 fully saturated rings. The summed E-state index contributed by atoms with van der Waals surface area (Å²) in [6, 6.07) is 10.4. The monoisotopic (exact) mass is 620 g/mol. The van der Waals surface area contributed by atoms with Gasteiger partial charge < -0.3 is 29.9 Å². The Morgan fingerprint density at radius 2 is 1.67 bits per heavy atom. The number of carbonyl (C=O) groups excluding carboxylic acids is 3. The number of aliphatic carboxylic acids is 1. The van der Waals surface area contributed by atoms with Crippen LogP contribution in [0.3, 0.4) is 0 Å². The topological polar surface area (TPSA) is 145 Å². The number of rotatable bonds is 12. The molecule has 2 unspecified atom stereocenters. The number of piperazine rings is 1. The van der Waals surface area contributed by atoms with Crippen LogP contribution in [0.4, 0.5) is 10.6 Å². The van der Waals surface area contributed by atoms with Gasteiger partial charge in [0.05, 0.1) is 6.61 Å². The Balaban J connectivity index is 1.27. The fourth-order valence-corrected chi connectivity index (χ4v) is 6.41. The van der Waals surface area contributed by atoms with Crippen LogP contribution in [0, 0.1) is 23.7 Å². The average Bonchev–Trinajstić information content (AvgIpc) is 3.50. The van der Waals surface area contributed by atoms with E-state index in [9.17, 15) is 19.2 Å². The normalized spacial score (nSPS) is 21.3. The summed E-state index contributed by atoms with van der Waals surface area (Å²) in [5, 5.41) is 12.0. The molecule has 3 aliphatic rings. The Kier molecular flexibility index (Phi) is 10.2. The van der Waals surface area contributed by atoms with Crippen LogP contribution in [0.15, 0.2) is 36.4 Å². The maximum absolute atomic E-state index is 13.7. The standard InChI is InChI=1S/C33H44N6O6/c1-4-5-17-45-33(44)38-15-13-37(14-16-38)32(43)29(21(2)3)36-31(42)26-18-27(35-30(34-26)22-9-7-6-8-10-22)39-19-24-23(25(24)20-39)11-12-28(40)41/h6-10,18,21,23-25,29H,4-5,11-17,19-20H2,1-3H3,(H,36,42)(H,40,41)/t23?,24-,25?,29-/m0/s1. The Labute approximate surface area is 264 Å². The molecule has 3 amide bonds. The fraction of sp³-hybridized carbons (Fsp3) is 0.576. The minimum Gasteiger partial charge on any atom is -0.481 e. The van der Waals surface area contributed by atoms with Crippen LogP contribution in [-0.2, 0) is 14.3 Å². The summed E-state index contributed by atoms with van der Waals surface area (Å²) < 4.78 is 5.32. The number of aromatic nitrogens is 2. The number of carboxylic acid groups (broad SMARTS) is 1. The van der Waals surface area contributed by atoms with E-state index in [2.05, 4.69) is 15.2 Å². The molecule has 1 aliphatic carbocycles. The second kappa shape index (κ2) is 14.3. The molecule has 0 spiro atoms.